The maximum atomic E-state index is 10.0. The summed E-state index contributed by atoms with van der Waals surface area (Å²) >= 11 is 0. The monoisotopic (exact) mass is 301 g/mol. The van der Waals surface area contributed by atoms with Crippen LogP contribution in [-0.2, 0) is 0 Å². The summed E-state index contributed by atoms with van der Waals surface area (Å²) in [4.78, 5) is 1.96. The second kappa shape index (κ2) is 7.38. The first kappa shape index (κ1) is 17.2. The average molecular weight is 301 g/mol. The van der Waals surface area contributed by atoms with Gasteiger partial charge in [-0.25, -0.2) is 0 Å². The smallest absolute Gasteiger partial charge is 0.109 e. The van der Waals surface area contributed by atoms with E-state index in [1.54, 1.807) is 0 Å². The van der Waals surface area contributed by atoms with Gasteiger partial charge in [0.05, 0.1) is 18.8 Å². The summed E-state index contributed by atoms with van der Waals surface area (Å²) < 4.78 is 0. The Hall–Kier alpha value is -0.200. The molecule has 0 bridgehead atoms. The van der Waals surface area contributed by atoms with E-state index in [9.17, 15) is 20.4 Å². The Morgan fingerprint density at radius 3 is 2.14 bits per heavy atom. The van der Waals surface area contributed by atoms with Gasteiger partial charge in [0.25, 0.3) is 0 Å². The molecular weight excluding hydrogens is 270 g/mol. The van der Waals surface area contributed by atoms with Gasteiger partial charge in [-0.2, -0.15) is 0 Å². The van der Waals surface area contributed by atoms with Crippen molar-refractivity contribution in [3.8, 4) is 0 Å². The molecule has 5 heteroatoms. The van der Waals surface area contributed by atoms with E-state index in [0.29, 0.717) is 12.5 Å². The molecule has 2 fully saturated rings. The second-order valence-corrected chi connectivity index (χ2v) is 7.28. The van der Waals surface area contributed by atoms with Crippen molar-refractivity contribution in [1.82, 2.24) is 4.90 Å². The predicted octanol–water partition coefficient (Wildman–Crippen LogP) is 0.208. The van der Waals surface area contributed by atoms with E-state index in [1.807, 2.05) is 4.90 Å². The Morgan fingerprint density at radius 1 is 1.00 bits per heavy atom. The normalized spacial score (nSPS) is 42.4. The lowest BCUT2D eigenvalue weighted by Gasteiger charge is -2.45. The van der Waals surface area contributed by atoms with Crippen molar-refractivity contribution >= 4 is 0 Å². The Kier molecular flexibility index (Phi) is 6.03. The lowest BCUT2D eigenvalue weighted by Crippen LogP contribution is -2.63. The minimum absolute atomic E-state index is 0.188. The van der Waals surface area contributed by atoms with Crippen LogP contribution in [0.1, 0.15) is 39.5 Å². The Balaban J connectivity index is 1.89. The highest BCUT2D eigenvalue weighted by Gasteiger charge is 2.41. The third kappa shape index (κ3) is 3.96. The highest BCUT2D eigenvalue weighted by atomic mass is 16.4. The molecule has 0 spiro atoms. The van der Waals surface area contributed by atoms with Crippen molar-refractivity contribution in [2.24, 2.45) is 17.8 Å². The van der Waals surface area contributed by atoms with Crippen molar-refractivity contribution < 1.29 is 20.4 Å². The average Bonchev–Trinajstić information content (AvgIpc) is 2.46. The predicted molar refractivity (Wildman–Crippen MR) is 80.8 cm³/mol. The van der Waals surface area contributed by atoms with Gasteiger partial charge in [-0.1, -0.05) is 13.8 Å². The molecule has 4 N–H and O–H groups in total. The van der Waals surface area contributed by atoms with Crippen LogP contribution in [0.15, 0.2) is 0 Å². The Bertz CT molecular complexity index is 317. The van der Waals surface area contributed by atoms with E-state index < -0.39 is 24.4 Å². The summed E-state index contributed by atoms with van der Waals surface area (Å²) in [5.74, 6) is 2.11. The molecule has 5 nitrogen and oxygen atoms in total. The fourth-order valence-corrected chi connectivity index (χ4v) is 3.96. The quantitative estimate of drug-likeness (QED) is 0.596. The van der Waals surface area contributed by atoms with Gasteiger partial charge in [-0.3, -0.25) is 4.90 Å². The molecule has 21 heavy (non-hydrogen) atoms. The fourth-order valence-electron chi connectivity index (χ4n) is 3.96. The van der Waals surface area contributed by atoms with Crippen LogP contribution in [0.4, 0.5) is 0 Å². The molecule has 0 radical (unpaired) electrons. The fraction of sp³-hybridized carbons (Fsp3) is 1.00. The lowest BCUT2D eigenvalue weighted by molar-refractivity contribution is -0.148. The van der Waals surface area contributed by atoms with E-state index in [1.165, 1.54) is 25.7 Å². The third-order valence-electron chi connectivity index (χ3n) is 5.54. The molecule has 2 rings (SSSR count). The van der Waals surface area contributed by atoms with Crippen LogP contribution >= 0.6 is 0 Å². The van der Waals surface area contributed by atoms with Crippen LogP contribution in [0.25, 0.3) is 0 Å². The molecule has 1 saturated carbocycles. The van der Waals surface area contributed by atoms with E-state index in [4.69, 9.17) is 0 Å². The molecule has 1 aliphatic heterocycles. The van der Waals surface area contributed by atoms with Crippen LogP contribution in [0.3, 0.4) is 0 Å². The van der Waals surface area contributed by atoms with E-state index in [2.05, 4.69) is 13.8 Å². The van der Waals surface area contributed by atoms with E-state index in [0.717, 1.165) is 18.4 Å². The van der Waals surface area contributed by atoms with Gasteiger partial charge in [-0.15, -0.1) is 0 Å². The second-order valence-electron chi connectivity index (χ2n) is 7.28. The zero-order valence-electron chi connectivity index (χ0n) is 13.2. The number of piperidine rings is 1. The maximum Gasteiger partial charge on any atom is 0.109 e. The number of hydrogen-bond donors (Lipinski definition) is 4. The number of aliphatic hydroxyl groups is 4. The molecule has 0 aromatic carbocycles. The van der Waals surface area contributed by atoms with Crippen molar-refractivity contribution in [3.05, 3.63) is 0 Å². The molecule has 0 amide bonds. The molecular formula is C16H31NO4. The first-order valence-corrected chi connectivity index (χ1v) is 8.33. The van der Waals surface area contributed by atoms with Crippen molar-refractivity contribution in [3.63, 3.8) is 0 Å². The van der Waals surface area contributed by atoms with Gasteiger partial charge in [0.15, 0.2) is 0 Å². The molecule has 0 aromatic rings. The zero-order chi connectivity index (χ0) is 15.6. The van der Waals surface area contributed by atoms with Crippen LogP contribution in [0, 0.1) is 17.8 Å². The van der Waals surface area contributed by atoms with Crippen LogP contribution < -0.4 is 0 Å². The molecule has 0 unspecified atom stereocenters. The van der Waals surface area contributed by atoms with Gasteiger partial charge in [0.1, 0.15) is 12.2 Å². The topological polar surface area (TPSA) is 84.2 Å². The summed E-state index contributed by atoms with van der Waals surface area (Å²) in [5, 5.41) is 39.1. The van der Waals surface area contributed by atoms with Crippen LogP contribution in [-0.4, -0.2) is 69.4 Å². The van der Waals surface area contributed by atoms with Gasteiger partial charge >= 0.3 is 0 Å². The highest BCUT2D eigenvalue weighted by Crippen LogP contribution is 2.34. The van der Waals surface area contributed by atoms with Gasteiger partial charge in [-0.05, 0) is 43.4 Å². The minimum Gasteiger partial charge on any atom is -0.395 e. The molecule has 2 aliphatic rings. The standard InChI is InChI=1S/C16H31NO4/c1-10(2)12-5-3-11(4-6-12)7-17-8-14(19)16(21)15(20)13(17)9-18/h10-16,18-21H,3-9H2,1-2H3/t11-,12-,13-,14+,15-,16-/m1/s1. The summed E-state index contributed by atoms with van der Waals surface area (Å²) in [7, 11) is 0. The molecule has 1 saturated heterocycles. The SMILES string of the molecule is CC(C)[C@H]1CC[C@H](CN2C[C@H](O)[C@@H](O)[C@H](O)[C@H]2CO)CC1. The van der Waals surface area contributed by atoms with E-state index >= 15 is 0 Å². The van der Waals surface area contributed by atoms with Crippen LogP contribution in [0.5, 0.6) is 0 Å². The largest absolute Gasteiger partial charge is 0.395 e. The highest BCUT2D eigenvalue weighted by molar-refractivity contribution is 4.95. The molecule has 124 valence electrons. The van der Waals surface area contributed by atoms with Crippen LogP contribution in [0.2, 0.25) is 0 Å². The number of nitrogens with zero attached hydrogens (tertiary/aromatic N) is 1. The summed E-state index contributed by atoms with van der Waals surface area (Å²) in [5.41, 5.74) is 0. The Labute approximate surface area is 127 Å². The lowest BCUT2D eigenvalue weighted by atomic mass is 9.76. The van der Waals surface area contributed by atoms with Gasteiger partial charge < -0.3 is 20.4 Å². The third-order valence-corrected chi connectivity index (χ3v) is 5.54. The van der Waals surface area contributed by atoms with Gasteiger partial charge in [0.2, 0.25) is 0 Å². The molecule has 4 atom stereocenters. The summed E-state index contributed by atoms with van der Waals surface area (Å²) in [6, 6.07) is -0.466. The first-order valence-electron chi connectivity index (χ1n) is 8.33. The number of β-amino-alcohol motifs (C(OH)–C–C–N with tert-alkyl or cyclic N) is 1. The summed E-state index contributed by atoms with van der Waals surface area (Å²) in [6.07, 6.45) is 1.66. The zero-order valence-corrected chi connectivity index (χ0v) is 13.2. The van der Waals surface area contributed by atoms with Crippen molar-refractivity contribution in [1.29, 1.82) is 0 Å². The molecule has 1 heterocycles. The maximum absolute atomic E-state index is 10.0. The number of aliphatic hydroxyl groups excluding tert-OH is 4. The van der Waals surface area contributed by atoms with E-state index in [-0.39, 0.29) is 6.61 Å². The molecule has 1 aliphatic carbocycles. The van der Waals surface area contributed by atoms with Crippen molar-refractivity contribution in [2.45, 2.75) is 63.9 Å². The van der Waals surface area contributed by atoms with Crippen molar-refractivity contribution in [2.75, 3.05) is 19.7 Å². The molecule has 0 aromatic heterocycles. The minimum atomic E-state index is -1.16. The Morgan fingerprint density at radius 2 is 1.62 bits per heavy atom. The number of hydrogen-bond acceptors (Lipinski definition) is 5. The summed E-state index contributed by atoms with van der Waals surface area (Å²) in [6.45, 7) is 5.49. The van der Waals surface area contributed by atoms with Gasteiger partial charge in [0, 0.05) is 13.1 Å². The first-order chi connectivity index (χ1) is 9.93. The number of rotatable bonds is 4. The number of likely N-dealkylation sites (tertiary alicyclic amines) is 1.